The number of halogens is 1. The Kier molecular flexibility index (Phi) is 5.32. The van der Waals surface area contributed by atoms with Gasteiger partial charge in [0.05, 0.1) is 28.2 Å². The Morgan fingerprint density at radius 2 is 1.75 bits per heavy atom. The second kappa shape index (κ2) is 8.61. The second-order valence-corrected chi connectivity index (χ2v) is 11.0. The molecule has 7 rings (SSSR count). The van der Waals surface area contributed by atoms with Crippen molar-refractivity contribution in [2.24, 2.45) is 11.8 Å². The average molecular weight is 562 g/mol. The first-order valence-electron chi connectivity index (χ1n) is 12.9. The van der Waals surface area contributed by atoms with Crippen LogP contribution in [0, 0.1) is 18.8 Å². The number of phenols is 2. The van der Waals surface area contributed by atoms with Crippen molar-refractivity contribution in [3.8, 4) is 23.0 Å². The summed E-state index contributed by atoms with van der Waals surface area (Å²) in [4.78, 5) is 43.3. The number of nitrogens with zero attached hydrogens (tertiary/aromatic N) is 1. The zero-order valence-corrected chi connectivity index (χ0v) is 22.0. The number of hydrogen-bond acceptors (Lipinski definition) is 8. The molecule has 0 unspecified atom stereocenters. The van der Waals surface area contributed by atoms with Crippen molar-refractivity contribution < 1.29 is 34.1 Å². The highest BCUT2D eigenvalue weighted by Gasteiger charge is 2.70. The van der Waals surface area contributed by atoms with E-state index in [-0.39, 0.29) is 17.9 Å². The zero-order chi connectivity index (χ0) is 27.9. The summed E-state index contributed by atoms with van der Waals surface area (Å²) in [5.74, 6) is -3.05. The second-order valence-electron chi connectivity index (χ2n) is 10.6. The molecule has 0 aromatic heterocycles. The molecule has 11 heteroatoms. The summed E-state index contributed by atoms with van der Waals surface area (Å²) in [6, 6.07) is 12.1. The van der Waals surface area contributed by atoms with Gasteiger partial charge in [-0.1, -0.05) is 23.7 Å². The Bertz CT molecular complexity index is 1640. The molecule has 4 aliphatic rings. The first-order valence-corrected chi connectivity index (χ1v) is 13.2. The fraction of sp³-hybridized carbons (Fsp3) is 0.276. The fourth-order valence-electron chi connectivity index (χ4n) is 6.54. The van der Waals surface area contributed by atoms with Gasteiger partial charge in [-0.15, -0.1) is 0 Å². The number of benzene rings is 3. The molecular formula is C29H24ClN3O7. The van der Waals surface area contributed by atoms with Crippen LogP contribution in [-0.4, -0.2) is 47.2 Å². The van der Waals surface area contributed by atoms with Crippen molar-refractivity contribution in [1.29, 1.82) is 0 Å². The molecule has 3 aromatic rings. The lowest BCUT2D eigenvalue weighted by molar-refractivity contribution is -0.130. The maximum atomic E-state index is 14.3. The number of anilines is 2. The molecule has 1 spiro atoms. The average Bonchev–Trinajstić information content (AvgIpc) is 3.50. The van der Waals surface area contributed by atoms with Gasteiger partial charge in [0.1, 0.15) is 18.8 Å². The van der Waals surface area contributed by atoms with Crippen LogP contribution in [0.5, 0.6) is 23.0 Å². The Labute approximate surface area is 233 Å². The standard InChI is InChI=1S/C29H24ClN3O7/c1-13-8-16-25(17(30)9-13)31-28(38)29(16)24-23(18(32-29)10-14-2-4-19(34)20(35)11-14)26(36)33(27(24)37)15-3-5-21-22(12-15)40-7-6-39-21/h2-5,8-9,11-12,18,23-24,32,34-35H,6-7,10H2,1H3,(H,31,38)/t18-,23+,24-,29+/m0/s1. The number of rotatable bonds is 3. The molecule has 2 saturated heterocycles. The summed E-state index contributed by atoms with van der Waals surface area (Å²) in [5.41, 5.74) is 1.11. The van der Waals surface area contributed by atoms with Gasteiger partial charge in [0.15, 0.2) is 23.0 Å². The highest BCUT2D eigenvalue weighted by molar-refractivity contribution is 6.35. The molecule has 0 bridgehead atoms. The number of amides is 3. The summed E-state index contributed by atoms with van der Waals surface area (Å²) in [6.45, 7) is 2.58. The number of ether oxygens (including phenoxy) is 2. The van der Waals surface area contributed by atoms with Crippen molar-refractivity contribution in [3.63, 3.8) is 0 Å². The Morgan fingerprint density at radius 3 is 2.52 bits per heavy atom. The summed E-state index contributed by atoms with van der Waals surface area (Å²) in [5, 5.41) is 26.4. The van der Waals surface area contributed by atoms with E-state index in [2.05, 4.69) is 10.6 Å². The van der Waals surface area contributed by atoms with Gasteiger partial charge in [0.2, 0.25) is 17.7 Å². The van der Waals surface area contributed by atoms with Crippen molar-refractivity contribution in [2.45, 2.75) is 24.9 Å². The van der Waals surface area contributed by atoms with Gasteiger partial charge in [-0.05, 0) is 54.8 Å². The van der Waals surface area contributed by atoms with Gasteiger partial charge in [-0.3, -0.25) is 19.7 Å². The van der Waals surface area contributed by atoms with Crippen LogP contribution < -0.4 is 25.0 Å². The highest BCUT2D eigenvalue weighted by Crippen LogP contribution is 2.55. The smallest absolute Gasteiger partial charge is 0.250 e. The lowest BCUT2D eigenvalue weighted by Crippen LogP contribution is -2.53. The van der Waals surface area contributed by atoms with Crippen molar-refractivity contribution in [1.82, 2.24) is 5.32 Å². The van der Waals surface area contributed by atoms with E-state index in [0.717, 1.165) is 10.5 Å². The number of imide groups is 1. The molecule has 10 nitrogen and oxygen atoms in total. The maximum Gasteiger partial charge on any atom is 0.250 e. The number of fused-ring (bicyclic) bond motifs is 5. The van der Waals surface area contributed by atoms with Crippen LogP contribution in [0.25, 0.3) is 0 Å². The third-order valence-electron chi connectivity index (χ3n) is 8.20. The number of carbonyl (C=O) groups excluding carboxylic acids is 3. The molecule has 4 aliphatic heterocycles. The molecule has 0 aliphatic carbocycles. The van der Waals surface area contributed by atoms with E-state index in [1.165, 1.54) is 12.1 Å². The molecule has 0 saturated carbocycles. The SMILES string of the molecule is Cc1cc(Cl)c2c(c1)[C@]1(N[C@@H](Cc3ccc(O)c(O)c3)[C@H]3C(=O)N(c4ccc5c(c4)OCCO5)C(=O)[C@H]31)C(=O)N2. The van der Waals surface area contributed by atoms with Crippen LogP contribution >= 0.6 is 11.6 Å². The Morgan fingerprint density at radius 1 is 0.975 bits per heavy atom. The van der Waals surface area contributed by atoms with Gasteiger partial charge < -0.3 is 25.0 Å². The van der Waals surface area contributed by atoms with Gasteiger partial charge in [0.25, 0.3) is 0 Å². The largest absolute Gasteiger partial charge is 0.504 e. The first kappa shape index (κ1) is 24.7. The van der Waals surface area contributed by atoms with E-state index in [1.807, 2.05) is 13.0 Å². The van der Waals surface area contributed by atoms with Crippen LogP contribution in [-0.2, 0) is 26.3 Å². The number of carbonyl (C=O) groups is 3. The topological polar surface area (TPSA) is 137 Å². The highest BCUT2D eigenvalue weighted by atomic mass is 35.5. The van der Waals surface area contributed by atoms with E-state index in [1.54, 1.807) is 30.3 Å². The number of aryl methyl sites for hydroxylation is 1. The molecular weight excluding hydrogens is 538 g/mol. The van der Waals surface area contributed by atoms with Gasteiger partial charge >= 0.3 is 0 Å². The maximum absolute atomic E-state index is 14.3. The van der Waals surface area contributed by atoms with E-state index >= 15 is 0 Å². The van der Waals surface area contributed by atoms with Crippen LogP contribution in [0.15, 0.2) is 48.5 Å². The number of nitrogens with one attached hydrogen (secondary N) is 2. The van der Waals surface area contributed by atoms with E-state index in [9.17, 15) is 24.6 Å². The Balaban J connectivity index is 1.37. The summed E-state index contributed by atoms with van der Waals surface area (Å²) in [7, 11) is 0. The molecule has 204 valence electrons. The molecule has 3 amide bonds. The predicted octanol–water partition coefficient (Wildman–Crippen LogP) is 3.00. The summed E-state index contributed by atoms with van der Waals surface area (Å²) < 4.78 is 11.3. The van der Waals surface area contributed by atoms with Crippen LogP contribution in [0.3, 0.4) is 0 Å². The minimum Gasteiger partial charge on any atom is -0.504 e. The van der Waals surface area contributed by atoms with Gasteiger partial charge in [0, 0.05) is 17.7 Å². The molecule has 4 atom stereocenters. The lowest BCUT2D eigenvalue weighted by atomic mass is 9.76. The fourth-order valence-corrected chi connectivity index (χ4v) is 6.87. The number of aromatic hydroxyl groups is 2. The first-order chi connectivity index (χ1) is 19.2. The van der Waals surface area contributed by atoms with E-state index in [4.69, 9.17) is 21.1 Å². The van der Waals surface area contributed by atoms with Gasteiger partial charge in [-0.2, -0.15) is 0 Å². The van der Waals surface area contributed by atoms with Crippen molar-refractivity contribution in [2.75, 3.05) is 23.4 Å². The monoisotopic (exact) mass is 561 g/mol. The van der Waals surface area contributed by atoms with Crippen LogP contribution in [0.4, 0.5) is 11.4 Å². The van der Waals surface area contributed by atoms with Gasteiger partial charge in [-0.25, -0.2) is 4.90 Å². The van der Waals surface area contributed by atoms with Crippen LogP contribution in [0.1, 0.15) is 16.7 Å². The third kappa shape index (κ3) is 3.36. The minimum atomic E-state index is -1.55. The Hall–Kier alpha value is -4.28. The quantitative estimate of drug-likeness (QED) is 0.283. The summed E-state index contributed by atoms with van der Waals surface area (Å²) >= 11 is 6.52. The normalized spacial score (nSPS) is 26.3. The lowest BCUT2D eigenvalue weighted by Gasteiger charge is -2.30. The molecule has 4 heterocycles. The predicted molar refractivity (Wildman–Crippen MR) is 144 cm³/mol. The zero-order valence-electron chi connectivity index (χ0n) is 21.2. The molecule has 4 N–H and O–H groups in total. The molecule has 2 fully saturated rings. The number of phenolic OH excluding ortho intramolecular Hbond substituents is 2. The number of hydrogen-bond donors (Lipinski definition) is 4. The third-order valence-corrected chi connectivity index (χ3v) is 8.50. The van der Waals surface area contributed by atoms with Crippen molar-refractivity contribution in [3.05, 3.63) is 70.2 Å². The summed E-state index contributed by atoms with van der Waals surface area (Å²) in [6.07, 6.45) is 0.201. The molecule has 40 heavy (non-hydrogen) atoms. The van der Waals surface area contributed by atoms with E-state index in [0.29, 0.717) is 52.2 Å². The van der Waals surface area contributed by atoms with E-state index < -0.39 is 41.1 Å². The molecule has 0 radical (unpaired) electrons. The van der Waals surface area contributed by atoms with Crippen LogP contribution in [0.2, 0.25) is 5.02 Å². The molecule has 3 aromatic carbocycles. The minimum absolute atomic E-state index is 0.201. The van der Waals surface area contributed by atoms with Crippen molar-refractivity contribution >= 4 is 40.7 Å².